The molecule has 1 atom stereocenters. The minimum Gasteiger partial charge on any atom is -0.432 e. The van der Waals surface area contributed by atoms with Crippen LogP contribution in [0, 0.1) is 0 Å². The van der Waals surface area contributed by atoms with Gasteiger partial charge in [-0.25, -0.2) is 8.42 Å². The summed E-state index contributed by atoms with van der Waals surface area (Å²) in [6, 6.07) is 1.05. The molecule has 1 aromatic heterocycles. The Morgan fingerprint density at radius 1 is 1.52 bits per heavy atom. The molecule has 6 nitrogen and oxygen atoms in total. The van der Waals surface area contributed by atoms with E-state index < -0.39 is 15.2 Å². The molecule has 3 rings (SSSR count). The molecule has 1 aromatic rings. The van der Waals surface area contributed by atoms with Crippen molar-refractivity contribution in [3.05, 3.63) is 12.0 Å². The highest BCUT2D eigenvalue weighted by Gasteiger charge is 2.35. The minimum atomic E-state index is -3.14. The van der Waals surface area contributed by atoms with E-state index in [4.69, 9.17) is 4.42 Å². The number of anilines is 1. The largest absolute Gasteiger partial charge is 0.432 e. The summed E-state index contributed by atoms with van der Waals surface area (Å²) in [4.78, 5) is 6.26. The van der Waals surface area contributed by atoms with E-state index in [1.807, 2.05) is 0 Å². The summed E-state index contributed by atoms with van der Waals surface area (Å²) >= 11 is 1.67. The fraction of sp³-hybridized carbons (Fsp3) is 0.769. The summed E-state index contributed by atoms with van der Waals surface area (Å²) in [5.74, 6) is 1.62. The lowest BCUT2D eigenvalue weighted by Crippen LogP contribution is -2.48. The first-order valence-corrected chi connectivity index (χ1v) is 10.2. The van der Waals surface area contributed by atoms with Crippen LogP contribution in [-0.4, -0.2) is 48.6 Å². The Morgan fingerprint density at radius 2 is 2.33 bits per heavy atom. The molecule has 2 aliphatic rings. The quantitative estimate of drug-likeness (QED) is 0.840. The second-order valence-electron chi connectivity index (χ2n) is 5.45. The van der Waals surface area contributed by atoms with Crippen molar-refractivity contribution in [1.29, 1.82) is 0 Å². The summed E-state index contributed by atoms with van der Waals surface area (Å²) in [7, 11) is -3.14. The van der Waals surface area contributed by atoms with Crippen molar-refractivity contribution in [1.82, 2.24) is 10.3 Å². The lowest BCUT2D eigenvalue weighted by Gasteiger charge is -2.33. The number of hydrogen-bond donors (Lipinski definition) is 1. The predicted molar refractivity (Wildman–Crippen MR) is 84.3 cm³/mol. The number of thioether (sulfide) groups is 1. The van der Waals surface area contributed by atoms with Crippen LogP contribution in [0.5, 0.6) is 0 Å². The molecule has 0 bridgehead atoms. The van der Waals surface area contributed by atoms with E-state index >= 15 is 0 Å². The lowest BCUT2D eigenvalue weighted by atomic mass is 10.4. The van der Waals surface area contributed by atoms with Crippen molar-refractivity contribution < 1.29 is 12.8 Å². The molecule has 2 heterocycles. The fourth-order valence-corrected chi connectivity index (χ4v) is 5.30. The molecular weight excluding hydrogens is 310 g/mol. The molecule has 8 heteroatoms. The van der Waals surface area contributed by atoms with E-state index in [0.29, 0.717) is 30.9 Å². The Morgan fingerprint density at radius 3 is 3.05 bits per heavy atom. The molecule has 0 aromatic carbocycles. The number of oxazole rings is 1. The van der Waals surface area contributed by atoms with Crippen molar-refractivity contribution in [3.8, 4) is 0 Å². The van der Waals surface area contributed by atoms with E-state index in [1.165, 1.54) is 12.8 Å². The maximum Gasteiger partial charge on any atom is 0.298 e. The molecule has 1 unspecified atom stereocenters. The van der Waals surface area contributed by atoms with Crippen LogP contribution in [0.15, 0.2) is 10.7 Å². The van der Waals surface area contributed by atoms with Gasteiger partial charge in [-0.15, -0.1) is 0 Å². The second kappa shape index (κ2) is 6.18. The van der Waals surface area contributed by atoms with Crippen molar-refractivity contribution in [2.45, 2.75) is 37.7 Å². The number of nitrogens with one attached hydrogen (secondary N) is 1. The van der Waals surface area contributed by atoms with Crippen molar-refractivity contribution in [2.24, 2.45) is 0 Å². The second-order valence-corrected chi connectivity index (χ2v) is 9.05. The lowest BCUT2D eigenvalue weighted by molar-refractivity contribution is 0.520. The zero-order chi connectivity index (χ0) is 14.9. The maximum atomic E-state index is 12.2. The number of rotatable bonds is 6. The standard InChI is InChI=1S/C13H21N3O3S2/c1-2-21(17,18)12-9-20-6-5-16(12)13-15-11(8-19-13)7-14-10-3-4-10/h8,10,12,14H,2-7,9H2,1H3. The molecule has 1 saturated heterocycles. The summed E-state index contributed by atoms with van der Waals surface area (Å²) in [6.45, 7) is 3.03. The monoisotopic (exact) mass is 331 g/mol. The van der Waals surface area contributed by atoms with Crippen molar-refractivity contribution >= 4 is 27.6 Å². The summed E-state index contributed by atoms with van der Waals surface area (Å²) < 4.78 is 30.0. The van der Waals surface area contributed by atoms with Gasteiger partial charge in [0.25, 0.3) is 6.01 Å². The van der Waals surface area contributed by atoms with Gasteiger partial charge in [0.05, 0.1) is 5.69 Å². The molecular formula is C13H21N3O3S2. The van der Waals surface area contributed by atoms with E-state index in [0.717, 1.165) is 11.4 Å². The zero-order valence-corrected chi connectivity index (χ0v) is 13.8. The number of aromatic nitrogens is 1. The van der Waals surface area contributed by atoms with Crippen LogP contribution in [0.4, 0.5) is 6.01 Å². The zero-order valence-electron chi connectivity index (χ0n) is 12.1. The van der Waals surface area contributed by atoms with Crippen LogP contribution in [0.3, 0.4) is 0 Å². The average molecular weight is 331 g/mol. The molecule has 1 saturated carbocycles. The predicted octanol–water partition coefficient (Wildman–Crippen LogP) is 1.24. The number of nitrogens with zero attached hydrogens (tertiary/aromatic N) is 2. The Hall–Kier alpha value is -0.730. The number of hydrogen-bond acceptors (Lipinski definition) is 7. The highest BCUT2D eigenvalue weighted by atomic mass is 32.2. The van der Waals surface area contributed by atoms with Crippen LogP contribution < -0.4 is 10.2 Å². The van der Waals surface area contributed by atoms with Crippen LogP contribution >= 0.6 is 11.8 Å². The third kappa shape index (κ3) is 3.54. The van der Waals surface area contributed by atoms with Gasteiger partial charge in [0.15, 0.2) is 9.84 Å². The van der Waals surface area contributed by atoms with E-state index in [-0.39, 0.29) is 5.75 Å². The van der Waals surface area contributed by atoms with Crippen LogP contribution in [-0.2, 0) is 16.4 Å². The normalized spacial score (nSPS) is 23.5. The Labute approximate surface area is 129 Å². The maximum absolute atomic E-state index is 12.2. The van der Waals surface area contributed by atoms with Gasteiger partial charge in [-0.2, -0.15) is 16.7 Å². The van der Waals surface area contributed by atoms with Gasteiger partial charge in [-0.3, -0.25) is 0 Å². The summed E-state index contributed by atoms with van der Waals surface area (Å²) in [5, 5.41) is 2.85. The highest BCUT2D eigenvalue weighted by molar-refractivity contribution is 8.01. The SMILES string of the molecule is CCS(=O)(=O)C1CSCCN1c1nc(CNC2CC2)co1. The molecule has 0 radical (unpaired) electrons. The molecule has 1 aliphatic carbocycles. The van der Waals surface area contributed by atoms with Crippen molar-refractivity contribution in [2.75, 3.05) is 28.7 Å². The Balaban J connectivity index is 1.73. The Bertz CT molecular complexity index is 583. The molecule has 0 amide bonds. The van der Waals surface area contributed by atoms with Gasteiger partial charge in [-0.05, 0) is 12.8 Å². The van der Waals surface area contributed by atoms with Crippen LogP contribution in [0.25, 0.3) is 0 Å². The summed E-state index contributed by atoms with van der Waals surface area (Å²) in [6.07, 6.45) is 4.08. The van der Waals surface area contributed by atoms with E-state index in [1.54, 1.807) is 29.8 Å². The third-order valence-electron chi connectivity index (χ3n) is 3.84. The molecule has 118 valence electrons. The Kier molecular flexibility index (Phi) is 4.46. The van der Waals surface area contributed by atoms with Gasteiger partial charge < -0.3 is 14.6 Å². The molecule has 0 spiro atoms. The molecule has 2 fully saturated rings. The fourth-order valence-electron chi connectivity index (χ4n) is 2.34. The third-order valence-corrected chi connectivity index (χ3v) is 7.12. The molecule has 1 N–H and O–H groups in total. The summed E-state index contributed by atoms with van der Waals surface area (Å²) in [5.41, 5.74) is 0.836. The van der Waals surface area contributed by atoms with Gasteiger partial charge in [-0.1, -0.05) is 6.92 Å². The smallest absolute Gasteiger partial charge is 0.298 e. The topological polar surface area (TPSA) is 75.4 Å². The van der Waals surface area contributed by atoms with E-state index in [9.17, 15) is 8.42 Å². The van der Waals surface area contributed by atoms with Crippen LogP contribution in [0.1, 0.15) is 25.5 Å². The first-order chi connectivity index (χ1) is 10.1. The van der Waals surface area contributed by atoms with Gasteiger partial charge in [0.2, 0.25) is 0 Å². The van der Waals surface area contributed by atoms with Crippen molar-refractivity contribution in [3.63, 3.8) is 0 Å². The highest BCUT2D eigenvalue weighted by Crippen LogP contribution is 2.27. The number of sulfone groups is 1. The van der Waals surface area contributed by atoms with Gasteiger partial charge >= 0.3 is 0 Å². The molecule has 1 aliphatic heterocycles. The van der Waals surface area contributed by atoms with Crippen LogP contribution in [0.2, 0.25) is 0 Å². The average Bonchev–Trinajstić information content (AvgIpc) is 3.22. The van der Waals surface area contributed by atoms with Gasteiger partial charge in [0, 0.05) is 36.4 Å². The van der Waals surface area contributed by atoms with Gasteiger partial charge in [0.1, 0.15) is 11.6 Å². The minimum absolute atomic E-state index is 0.144. The molecule has 21 heavy (non-hydrogen) atoms. The first-order valence-electron chi connectivity index (χ1n) is 7.34. The van der Waals surface area contributed by atoms with E-state index in [2.05, 4.69) is 10.3 Å². The first kappa shape index (κ1) is 15.2.